The highest BCUT2D eigenvalue weighted by Crippen LogP contribution is 2.10. The molecule has 102 valence electrons. The first-order valence-corrected chi connectivity index (χ1v) is 6.63. The standard InChI is InChI=1S/C14H11FN2O2S/c15-13-6-11(4-3-10(13)2-1-5-18)14(19)17-8-12-7-16-9-20-12/h3-4,6-7,9,18H,5,8H2,(H,17,19). The molecule has 0 bridgehead atoms. The van der Waals surface area contributed by atoms with E-state index in [0.717, 1.165) is 10.9 Å². The molecule has 2 aromatic rings. The van der Waals surface area contributed by atoms with E-state index in [1.54, 1.807) is 11.7 Å². The minimum atomic E-state index is -0.587. The van der Waals surface area contributed by atoms with Gasteiger partial charge in [0.1, 0.15) is 12.4 Å². The van der Waals surface area contributed by atoms with Crippen molar-refractivity contribution < 1.29 is 14.3 Å². The molecular formula is C14H11FN2O2S. The van der Waals surface area contributed by atoms with E-state index < -0.39 is 5.82 Å². The molecule has 1 amide bonds. The fourth-order valence-electron chi connectivity index (χ4n) is 1.49. The summed E-state index contributed by atoms with van der Waals surface area (Å²) in [6.45, 7) is 0.0215. The number of aliphatic hydroxyl groups is 1. The van der Waals surface area contributed by atoms with E-state index >= 15 is 0 Å². The van der Waals surface area contributed by atoms with E-state index in [9.17, 15) is 9.18 Å². The first-order valence-electron chi connectivity index (χ1n) is 5.75. The molecule has 0 spiro atoms. The largest absolute Gasteiger partial charge is 0.384 e. The predicted octanol–water partition coefficient (Wildman–Crippen LogP) is 1.56. The number of rotatable bonds is 3. The number of halogens is 1. The topological polar surface area (TPSA) is 62.2 Å². The Labute approximate surface area is 119 Å². The zero-order valence-corrected chi connectivity index (χ0v) is 11.2. The second-order valence-corrected chi connectivity index (χ2v) is 4.78. The van der Waals surface area contributed by atoms with Crippen LogP contribution in [0.25, 0.3) is 0 Å². The normalized spacial score (nSPS) is 9.70. The molecule has 6 heteroatoms. The lowest BCUT2D eigenvalue weighted by atomic mass is 10.1. The zero-order chi connectivity index (χ0) is 14.4. The maximum Gasteiger partial charge on any atom is 0.251 e. The molecule has 4 nitrogen and oxygen atoms in total. The van der Waals surface area contributed by atoms with Crippen molar-refractivity contribution in [2.24, 2.45) is 0 Å². The van der Waals surface area contributed by atoms with Gasteiger partial charge < -0.3 is 10.4 Å². The number of hydrogen-bond acceptors (Lipinski definition) is 4. The molecule has 0 saturated carbocycles. The van der Waals surface area contributed by atoms with Crippen LogP contribution >= 0.6 is 11.3 Å². The fourth-order valence-corrected chi connectivity index (χ4v) is 2.03. The molecule has 0 fully saturated rings. The quantitative estimate of drug-likeness (QED) is 0.843. The molecule has 0 aliphatic carbocycles. The average Bonchev–Trinajstić information content (AvgIpc) is 2.96. The molecule has 1 heterocycles. The summed E-state index contributed by atoms with van der Waals surface area (Å²) in [5.74, 6) is 3.88. The maximum absolute atomic E-state index is 13.7. The minimum Gasteiger partial charge on any atom is -0.384 e. The fraction of sp³-hybridized carbons (Fsp3) is 0.143. The van der Waals surface area contributed by atoms with Crippen LogP contribution in [0.1, 0.15) is 20.8 Å². The van der Waals surface area contributed by atoms with Gasteiger partial charge in [-0.15, -0.1) is 11.3 Å². The van der Waals surface area contributed by atoms with Crippen molar-refractivity contribution in [2.75, 3.05) is 6.61 Å². The van der Waals surface area contributed by atoms with Crippen LogP contribution in [0.4, 0.5) is 4.39 Å². The number of carbonyl (C=O) groups is 1. The molecular weight excluding hydrogens is 279 g/mol. The summed E-state index contributed by atoms with van der Waals surface area (Å²) in [7, 11) is 0. The number of hydrogen-bond donors (Lipinski definition) is 2. The summed E-state index contributed by atoms with van der Waals surface area (Å²) in [5, 5.41) is 11.2. The first-order chi connectivity index (χ1) is 9.70. The molecule has 0 aliphatic heterocycles. The van der Waals surface area contributed by atoms with Gasteiger partial charge in [0, 0.05) is 16.6 Å². The molecule has 1 aromatic carbocycles. The second-order valence-electron chi connectivity index (χ2n) is 3.80. The van der Waals surface area contributed by atoms with Gasteiger partial charge >= 0.3 is 0 Å². The molecule has 1 aromatic heterocycles. The van der Waals surface area contributed by atoms with Crippen molar-refractivity contribution in [1.82, 2.24) is 10.3 Å². The predicted molar refractivity (Wildman–Crippen MR) is 73.6 cm³/mol. The summed E-state index contributed by atoms with van der Waals surface area (Å²) in [6, 6.07) is 4.04. The lowest BCUT2D eigenvalue weighted by molar-refractivity contribution is 0.0951. The van der Waals surface area contributed by atoms with Gasteiger partial charge in [-0.1, -0.05) is 11.8 Å². The minimum absolute atomic E-state index is 0.151. The summed E-state index contributed by atoms with van der Waals surface area (Å²) >= 11 is 1.43. The third-order valence-corrected chi connectivity index (χ3v) is 3.22. The van der Waals surface area contributed by atoms with Crippen molar-refractivity contribution in [3.63, 3.8) is 0 Å². The van der Waals surface area contributed by atoms with Gasteiger partial charge in [0.25, 0.3) is 5.91 Å². The molecule has 2 N–H and O–H groups in total. The Kier molecular flexibility index (Phi) is 4.82. The maximum atomic E-state index is 13.7. The second kappa shape index (κ2) is 6.80. The SMILES string of the molecule is O=C(NCc1cncs1)c1ccc(C#CCO)c(F)c1. The Hall–Kier alpha value is -2.23. The molecule has 0 radical (unpaired) electrons. The number of benzene rings is 1. The number of carbonyl (C=O) groups excluding carboxylic acids is 1. The molecule has 20 heavy (non-hydrogen) atoms. The Bertz CT molecular complexity index is 660. The van der Waals surface area contributed by atoms with E-state index in [4.69, 9.17) is 5.11 Å². The van der Waals surface area contributed by atoms with Gasteiger partial charge in [-0.2, -0.15) is 0 Å². The number of thiazole rings is 1. The van der Waals surface area contributed by atoms with Crippen LogP contribution in [0.3, 0.4) is 0 Å². The van der Waals surface area contributed by atoms with Gasteiger partial charge in [-0.25, -0.2) is 4.39 Å². The van der Waals surface area contributed by atoms with E-state index in [2.05, 4.69) is 22.1 Å². The zero-order valence-electron chi connectivity index (χ0n) is 10.4. The van der Waals surface area contributed by atoms with Gasteiger partial charge in [0.05, 0.1) is 17.6 Å². The number of nitrogens with zero attached hydrogens (tertiary/aromatic N) is 1. The summed E-state index contributed by atoms with van der Waals surface area (Å²) < 4.78 is 13.7. The van der Waals surface area contributed by atoms with Crippen LogP contribution in [0.2, 0.25) is 0 Å². The lowest BCUT2D eigenvalue weighted by Crippen LogP contribution is -2.22. The third kappa shape index (κ3) is 3.63. The molecule has 2 rings (SSSR count). The number of aliphatic hydroxyl groups excluding tert-OH is 1. The highest BCUT2D eigenvalue weighted by Gasteiger charge is 2.09. The van der Waals surface area contributed by atoms with Crippen LogP contribution < -0.4 is 5.32 Å². The highest BCUT2D eigenvalue weighted by atomic mass is 32.1. The van der Waals surface area contributed by atoms with Crippen molar-refractivity contribution in [2.45, 2.75) is 6.54 Å². The van der Waals surface area contributed by atoms with Crippen LogP contribution in [0, 0.1) is 17.7 Å². The number of aromatic nitrogens is 1. The summed E-state index contributed by atoms with van der Waals surface area (Å²) in [6.07, 6.45) is 1.67. The van der Waals surface area contributed by atoms with Gasteiger partial charge in [0.15, 0.2) is 0 Å². The lowest BCUT2D eigenvalue weighted by Gasteiger charge is -2.04. The Balaban J connectivity index is 2.05. The number of nitrogens with one attached hydrogen (secondary N) is 1. The Morgan fingerprint density at radius 1 is 1.50 bits per heavy atom. The monoisotopic (exact) mass is 290 g/mol. The van der Waals surface area contributed by atoms with Crippen molar-refractivity contribution in [1.29, 1.82) is 0 Å². The number of amides is 1. The van der Waals surface area contributed by atoms with E-state index in [1.165, 1.54) is 23.5 Å². The third-order valence-electron chi connectivity index (χ3n) is 2.44. The first kappa shape index (κ1) is 14.2. The Morgan fingerprint density at radius 2 is 2.35 bits per heavy atom. The summed E-state index contributed by atoms with van der Waals surface area (Å²) in [5.41, 5.74) is 2.05. The molecule has 0 aliphatic rings. The average molecular weight is 290 g/mol. The molecule has 0 atom stereocenters. The van der Waals surface area contributed by atoms with Crippen LogP contribution in [-0.4, -0.2) is 22.6 Å². The van der Waals surface area contributed by atoms with Gasteiger partial charge in [-0.05, 0) is 18.2 Å². The van der Waals surface area contributed by atoms with E-state index in [0.29, 0.717) is 6.54 Å². The summed E-state index contributed by atoms with van der Waals surface area (Å²) in [4.78, 5) is 16.7. The Morgan fingerprint density at radius 3 is 3.00 bits per heavy atom. The van der Waals surface area contributed by atoms with Crippen LogP contribution in [-0.2, 0) is 6.54 Å². The molecule has 0 saturated heterocycles. The van der Waals surface area contributed by atoms with Crippen LogP contribution in [0.15, 0.2) is 29.9 Å². The smallest absolute Gasteiger partial charge is 0.251 e. The molecule has 0 unspecified atom stereocenters. The highest BCUT2D eigenvalue weighted by molar-refractivity contribution is 7.09. The van der Waals surface area contributed by atoms with E-state index in [1.807, 2.05) is 0 Å². The van der Waals surface area contributed by atoms with Crippen molar-refractivity contribution >= 4 is 17.2 Å². The van der Waals surface area contributed by atoms with Gasteiger partial charge in [0.2, 0.25) is 0 Å². The van der Waals surface area contributed by atoms with Crippen molar-refractivity contribution in [3.05, 3.63) is 51.7 Å². The van der Waals surface area contributed by atoms with Crippen LogP contribution in [0.5, 0.6) is 0 Å². The van der Waals surface area contributed by atoms with Crippen molar-refractivity contribution in [3.8, 4) is 11.8 Å². The van der Waals surface area contributed by atoms with Gasteiger partial charge in [-0.3, -0.25) is 9.78 Å². The van der Waals surface area contributed by atoms with E-state index in [-0.39, 0.29) is 23.6 Å².